The summed E-state index contributed by atoms with van der Waals surface area (Å²) in [5, 5.41) is 0. The molecule has 0 spiro atoms. The fraction of sp³-hybridized carbons (Fsp3) is 0.710. The van der Waals surface area contributed by atoms with Gasteiger partial charge in [-0.15, -0.1) is 0 Å². The molecule has 3 saturated carbocycles. The van der Waals surface area contributed by atoms with Crippen LogP contribution in [0.4, 0.5) is 0 Å². The lowest BCUT2D eigenvalue weighted by atomic mass is 9.93. The normalized spacial score (nSPS) is 25.8. The van der Waals surface area contributed by atoms with E-state index in [2.05, 4.69) is 60.0 Å². The van der Waals surface area contributed by atoms with Crippen molar-refractivity contribution in [1.29, 1.82) is 0 Å². The van der Waals surface area contributed by atoms with Crippen molar-refractivity contribution in [2.45, 2.75) is 113 Å². The first kappa shape index (κ1) is 24.5. The lowest BCUT2D eigenvalue weighted by Gasteiger charge is -2.52. The quantitative estimate of drug-likeness (QED) is 0.398. The van der Waals surface area contributed by atoms with Crippen LogP contribution in [0.5, 0.6) is 0 Å². The van der Waals surface area contributed by atoms with E-state index in [-0.39, 0.29) is 0 Å². The van der Waals surface area contributed by atoms with E-state index in [1.807, 2.05) is 5.57 Å². The predicted octanol–water partition coefficient (Wildman–Crippen LogP) is 7.75. The molecular weight excluding hydrogens is 431 g/mol. The maximum atomic E-state index is 3.06. The lowest BCUT2D eigenvalue weighted by molar-refractivity contribution is 0.398. The van der Waals surface area contributed by atoms with Gasteiger partial charge in [0.2, 0.25) is 0 Å². The highest BCUT2D eigenvalue weighted by Crippen LogP contribution is 2.70. The van der Waals surface area contributed by atoms with Crippen molar-refractivity contribution in [2.75, 3.05) is 27.2 Å². The fourth-order valence-corrected chi connectivity index (χ4v) is 15.1. The molecule has 1 aromatic carbocycles. The van der Waals surface area contributed by atoms with Gasteiger partial charge in [-0.05, 0) is 73.8 Å². The molecule has 0 bridgehead atoms. The maximum Gasteiger partial charge on any atom is 0.103 e. The van der Waals surface area contributed by atoms with Crippen LogP contribution in [0.3, 0.4) is 0 Å². The first-order valence-electron chi connectivity index (χ1n) is 14.6. The number of rotatable bonds is 5. The Kier molecular flexibility index (Phi) is 8.15. The van der Waals surface area contributed by atoms with Crippen molar-refractivity contribution >= 4 is 12.7 Å². The zero-order valence-corrected chi connectivity index (χ0v) is 23.0. The molecule has 3 aliphatic carbocycles. The molecule has 3 heteroatoms. The van der Waals surface area contributed by atoms with E-state index in [4.69, 9.17) is 0 Å². The summed E-state index contributed by atoms with van der Waals surface area (Å²) in [5.41, 5.74) is 6.27. The van der Waals surface area contributed by atoms with Crippen LogP contribution < -0.4 is 0 Å². The van der Waals surface area contributed by atoms with Gasteiger partial charge >= 0.3 is 0 Å². The molecule has 1 atom stereocenters. The average Bonchev–Trinajstić information content (AvgIpc) is 3.24. The summed E-state index contributed by atoms with van der Waals surface area (Å²) in [5.74, 6) is 4.69. The van der Waals surface area contributed by atoms with Crippen molar-refractivity contribution in [3.05, 3.63) is 47.3 Å². The summed E-state index contributed by atoms with van der Waals surface area (Å²) >= 11 is 0. The van der Waals surface area contributed by atoms with Crippen LogP contribution >= 0.6 is 6.89 Å². The smallest absolute Gasteiger partial charge is 0.103 e. The topological polar surface area (TPSA) is 6.48 Å². The second kappa shape index (κ2) is 11.3. The van der Waals surface area contributed by atoms with Gasteiger partial charge in [0.15, 0.2) is 0 Å². The minimum absolute atomic E-state index is 0.856. The van der Waals surface area contributed by atoms with Gasteiger partial charge in [-0.3, -0.25) is 0 Å². The van der Waals surface area contributed by atoms with Crippen LogP contribution in [0, 0.1) is 0 Å². The highest BCUT2D eigenvalue weighted by atomic mass is 31.2. The van der Waals surface area contributed by atoms with Crippen molar-refractivity contribution in [1.82, 2.24) is 9.80 Å². The Morgan fingerprint density at radius 2 is 1.29 bits per heavy atom. The first-order chi connectivity index (χ1) is 16.7. The molecule has 1 saturated heterocycles. The zero-order chi connectivity index (χ0) is 23.4. The monoisotopic (exact) mass is 480 g/mol. The molecule has 0 N–H and O–H groups in total. The van der Waals surface area contributed by atoms with E-state index < -0.39 is 6.89 Å². The van der Waals surface area contributed by atoms with Crippen molar-refractivity contribution in [3.63, 3.8) is 0 Å². The molecule has 1 aliphatic heterocycles. The second-order valence-corrected chi connectivity index (χ2v) is 16.0. The fourth-order valence-electron chi connectivity index (χ4n) is 8.21. The molecule has 4 aliphatic rings. The summed E-state index contributed by atoms with van der Waals surface area (Å²) < 4.78 is 0. The van der Waals surface area contributed by atoms with Gasteiger partial charge in [0.25, 0.3) is 0 Å². The number of hydrogen-bond donors (Lipinski definition) is 0. The SMILES string of the molecule is CN1CCN(C)C1=C1CCCCC1P(=CCc1ccccc1)(C1CCCCC1)C1CCCCC1. The summed E-state index contributed by atoms with van der Waals surface area (Å²) in [6.07, 6.45) is 21.8. The molecule has 1 aromatic rings. The summed E-state index contributed by atoms with van der Waals surface area (Å²) in [7, 11) is 4.74. The van der Waals surface area contributed by atoms with Gasteiger partial charge < -0.3 is 9.80 Å². The number of likely N-dealkylation sites (N-methyl/N-ethyl adjacent to an activating group) is 2. The van der Waals surface area contributed by atoms with Gasteiger partial charge in [-0.2, -0.15) is 0 Å². The molecular formula is C31H49N2P. The van der Waals surface area contributed by atoms with Crippen LogP contribution in [-0.4, -0.2) is 59.8 Å². The van der Waals surface area contributed by atoms with Crippen LogP contribution in [0.2, 0.25) is 0 Å². The van der Waals surface area contributed by atoms with Gasteiger partial charge in [-0.1, -0.05) is 88.0 Å². The minimum Gasteiger partial charge on any atom is -0.360 e. The highest BCUT2D eigenvalue weighted by Gasteiger charge is 2.45. The van der Waals surface area contributed by atoms with E-state index in [0.717, 1.165) is 17.0 Å². The van der Waals surface area contributed by atoms with Gasteiger partial charge in [0.1, 0.15) is 5.82 Å². The van der Waals surface area contributed by atoms with Crippen molar-refractivity contribution < 1.29 is 0 Å². The second-order valence-electron chi connectivity index (χ2n) is 11.8. The van der Waals surface area contributed by atoms with E-state index >= 15 is 0 Å². The van der Waals surface area contributed by atoms with E-state index in [9.17, 15) is 0 Å². The molecule has 0 amide bonds. The Hall–Kier alpha value is -1.14. The first-order valence-corrected chi connectivity index (χ1v) is 16.7. The molecule has 4 fully saturated rings. The Bertz CT molecular complexity index is 842. The highest BCUT2D eigenvalue weighted by molar-refractivity contribution is 7.77. The van der Waals surface area contributed by atoms with Crippen LogP contribution in [0.25, 0.3) is 0 Å². The van der Waals surface area contributed by atoms with Gasteiger partial charge in [0.05, 0.1) is 0 Å². The lowest BCUT2D eigenvalue weighted by Crippen LogP contribution is -2.36. The van der Waals surface area contributed by atoms with Crippen LogP contribution in [-0.2, 0) is 6.42 Å². The van der Waals surface area contributed by atoms with Gasteiger partial charge in [0, 0.05) is 32.8 Å². The number of hydrogen-bond acceptors (Lipinski definition) is 2. The zero-order valence-electron chi connectivity index (χ0n) is 22.1. The molecule has 34 heavy (non-hydrogen) atoms. The van der Waals surface area contributed by atoms with Gasteiger partial charge in [-0.25, -0.2) is 0 Å². The van der Waals surface area contributed by atoms with E-state index in [0.29, 0.717) is 0 Å². The Labute approximate surface area is 210 Å². The standard InChI is InChI=1S/C31H49N2P/c1-32-23-24-33(2)31(32)29-20-12-13-21-30(29)34(27-16-8-4-9-17-27,28-18-10-5-11-19-28)25-22-26-14-6-3-7-15-26/h3,6-7,14-15,25,27-28,30H,4-5,8-13,16-24H2,1-2H3. The third-order valence-electron chi connectivity index (χ3n) is 9.80. The number of nitrogens with zero attached hydrogens (tertiary/aromatic N) is 2. The summed E-state index contributed by atoms with van der Waals surface area (Å²) in [6, 6.07) is 11.4. The Morgan fingerprint density at radius 1 is 0.735 bits per heavy atom. The van der Waals surface area contributed by atoms with E-state index in [1.54, 1.807) is 11.4 Å². The number of benzene rings is 1. The Morgan fingerprint density at radius 3 is 1.88 bits per heavy atom. The maximum absolute atomic E-state index is 3.06. The predicted molar refractivity (Wildman–Crippen MR) is 151 cm³/mol. The summed E-state index contributed by atoms with van der Waals surface area (Å²) in [4.78, 5) is 5.22. The number of allylic oxidation sites excluding steroid dienone is 1. The molecule has 188 valence electrons. The van der Waals surface area contributed by atoms with Crippen molar-refractivity contribution in [2.24, 2.45) is 0 Å². The van der Waals surface area contributed by atoms with Crippen LogP contribution in [0.1, 0.15) is 95.5 Å². The van der Waals surface area contributed by atoms with Crippen LogP contribution in [0.15, 0.2) is 41.7 Å². The third-order valence-corrected chi connectivity index (χ3v) is 15.8. The molecule has 0 radical (unpaired) electrons. The molecule has 0 aromatic heterocycles. The third kappa shape index (κ3) is 4.91. The van der Waals surface area contributed by atoms with Crippen molar-refractivity contribution in [3.8, 4) is 0 Å². The van der Waals surface area contributed by atoms with E-state index in [1.165, 1.54) is 109 Å². The molecule has 2 nitrogen and oxygen atoms in total. The molecule has 1 unspecified atom stereocenters. The molecule has 1 heterocycles. The Balaban J connectivity index is 1.67. The minimum atomic E-state index is -1.29. The molecule has 5 rings (SSSR count). The largest absolute Gasteiger partial charge is 0.360 e. The summed E-state index contributed by atoms with van der Waals surface area (Å²) in [6.45, 7) is 1.12. The average molecular weight is 481 g/mol.